The number of nitrogens with one attached hydrogen (secondary N) is 1. The standard InChI is InChI=1S/C17H30N2O/c1-4-11(2)18-10-16(20)19(3)17-14-6-12-5-13(8-14)9-15(17)7-12/h11-15,17-18H,4-10H2,1-3H3. The van der Waals surface area contributed by atoms with Crippen molar-refractivity contribution in [3.63, 3.8) is 0 Å². The molecule has 4 aliphatic rings. The second kappa shape index (κ2) is 5.67. The molecule has 1 amide bonds. The molecule has 0 radical (unpaired) electrons. The van der Waals surface area contributed by atoms with Crippen LogP contribution in [0.25, 0.3) is 0 Å². The maximum Gasteiger partial charge on any atom is 0.236 e. The zero-order chi connectivity index (χ0) is 14.3. The Morgan fingerprint density at radius 2 is 1.70 bits per heavy atom. The van der Waals surface area contributed by atoms with E-state index in [1.54, 1.807) is 0 Å². The van der Waals surface area contributed by atoms with E-state index in [0.29, 0.717) is 24.5 Å². The number of likely N-dealkylation sites (N-methyl/N-ethyl adjacent to an activating group) is 1. The molecule has 0 saturated heterocycles. The van der Waals surface area contributed by atoms with Gasteiger partial charge in [-0.3, -0.25) is 4.79 Å². The van der Waals surface area contributed by atoms with Gasteiger partial charge in [0.15, 0.2) is 0 Å². The van der Waals surface area contributed by atoms with Gasteiger partial charge in [0.2, 0.25) is 5.91 Å². The molecule has 1 atom stereocenters. The Bertz CT molecular complexity index is 340. The van der Waals surface area contributed by atoms with Crippen LogP contribution in [0.3, 0.4) is 0 Å². The first-order valence-electron chi connectivity index (χ1n) is 8.57. The van der Waals surface area contributed by atoms with Crippen molar-refractivity contribution < 1.29 is 4.79 Å². The Balaban J connectivity index is 1.59. The summed E-state index contributed by atoms with van der Waals surface area (Å²) in [4.78, 5) is 14.5. The monoisotopic (exact) mass is 278 g/mol. The summed E-state index contributed by atoms with van der Waals surface area (Å²) in [5, 5.41) is 3.34. The van der Waals surface area contributed by atoms with Crippen LogP contribution in [-0.2, 0) is 4.79 Å². The molecule has 4 aliphatic carbocycles. The SMILES string of the molecule is CCC(C)NCC(=O)N(C)C1C2CC3CC(C2)CC1C3. The van der Waals surface area contributed by atoms with E-state index in [-0.39, 0.29) is 0 Å². The lowest BCUT2D eigenvalue weighted by molar-refractivity contribution is -0.140. The number of carbonyl (C=O) groups excluding carboxylic acids is 1. The van der Waals surface area contributed by atoms with Crippen molar-refractivity contribution in [3.05, 3.63) is 0 Å². The molecule has 0 heterocycles. The third-order valence-electron chi connectivity index (χ3n) is 6.23. The largest absolute Gasteiger partial charge is 0.341 e. The molecule has 0 aromatic heterocycles. The molecule has 1 N–H and O–H groups in total. The van der Waals surface area contributed by atoms with Crippen molar-refractivity contribution in [3.8, 4) is 0 Å². The summed E-state index contributed by atoms with van der Waals surface area (Å²) >= 11 is 0. The molecular formula is C17H30N2O. The van der Waals surface area contributed by atoms with Gasteiger partial charge in [0, 0.05) is 19.1 Å². The van der Waals surface area contributed by atoms with Crippen molar-refractivity contribution in [1.29, 1.82) is 0 Å². The number of hydrogen-bond donors (Lipinski definition) is 1. The molecule has 20 heavy (non-hydrogen) atoms. The van der Waals surface area contributed by atoms with Crippen LogP contribution in [-0.4, -0.2) is 36.5 Å². The third kappa shape index (κ3) is 2.61. The van der Waals surface area contributed by atoms with E-state index in [0.717, 1.165) is 30.1 Å². The number of nitrogens with zero attached hydrogens (tertiary/aromatic N) is 1. The van der Waals surface area contributed by atoms with E-state index in [1.165, 1.54) is 32.1 Å². The fraction of sp³-hybridized carbons (Fsp3) is 0.941. The van der Waals surface area contributed by atoms with E-state index in [9.17, 15) is 4.79 Å². The highest BCUT2D eigenvalue weighted by atomic mass is 16.2. The lowest BCUT2D eigenvalue weighted by Gasteiger charge is -2.56. The quantitative estimate of drug-likeness (QED) is 0.838. The first-order chi connectivity index (χ1) is 9.58. The maximum atomic E-state index is 12.4. The van der Waals surface area contributed by atoms with Crippen LogP contribution < -0.4 is 5.32 Å². The summed E-state index contributed by atoms with van der Waals surface area (Å²) in [6.07, 6.45) is 8.09. The summed E-state index contributed by atoms with van der Waals surface area (Å²) in [6, 6.07) is 0.972. The highest BCUT2D eigenvalue weighted by molar-refractivity contribution is 5.78. The number of hydrogen-bond acceptors (Lipinski definition) is 2. The van der Waals surface area contributed by atoms with Crippen molar-refractivity contribution in [1.82, 2.24) is 10.2 Å². The van der Waals surface area contributed by atoms with Crippen molar-refractivity contribution in [2.45, 2.75) is 64.5 Å². The number of amides is 1. The van der Waals surface area contributed by atoms with Crippen molar-refractivity contribution >= 4 is 5.91 Å². The fourth-order valence-corrected chi connectivity index (χ4v) is 5.23. The number of rotatable bonds is 5. The number of carbonyl (C=O) groups is 1. The topological polar surface area (TPSA) is 32.3 Å². The molecule has 0 spiro atoms. The summed E-state index contributed by atoms with van der Waals surface area (Å²) in [6.45, 7) is 4.81. The van der Waals surface area contributed by atoms with Crippen LogP contribution in [0.2, 0.25) is 0 Å². The van der Waals surface area contributed by atoms with E-state index < -0.39 is 0 Å². The molecule has 4 saturated carbocycles. The maximum absolute atomic E-state index is 12.4. The molecule has 4 fully saturated rings. The van der Waals surface area contributed by atoms with Crippen LogP contribution in [0.4, 0.5) is 0 Å². The second-order valence-electron chi connectivity index (χ2n) is 7.62. The molecule has 0 aliphatic heterocycles. The van der Waals surface area contributed by atoms with E-state index >= 15 is 0 Å². The van der Waals surface area contributed by atoms with Crippen molar-refractivity contribution in [2.24, 2.45) is 23.7 Å². The zero-order valence-corrected chi connectivity index (χ0v) is 13.3. The van der Waals surface area contributed by atoms with Crippen LogP contribution in [0.15, 0.2) is 0 Å². The summed E-state index contributed by atoms with van der Waals surface area (Å²) < 4.78 is 0. The van der Waals surface area contributed by atoms with E-state index in [1.807, 2.05) is 7.05 Å². The molecule has 0 aromatic rings. The molecule has 4 rings (SSSR count). The molecule has 114 valence electrons. The highest BCUT2D eigenvalue weighted by Gasteiger charge is 2.50. The zero-order valence-electron chi connectivity index (χ0n) is 13.3. The Kier molecular flexibility index (Phi) is 4.07. The average molecular weight is 278 g/mol. The molecule has 4 bridgehead atoms. The fourth-order valence-electron chi connectivity index (χ4n) is 5.23. The van der Waals surface area contributed by atoms with Gasteiger partial charge in [0.1, 0.15) is 0 Å². The molecule has 0 aromatic carbocycles. The second-order valence-corrected chi connectivity index (χ2v) is 7.62. The van der Waals surface area contributed by atoms with E-state index in [2.05, 4.69) is 24.1 Å². The third-order valence-corrected chi connectivity index (χ3v) is 6.23. The molecule has 3 heteroatoms. The van der Waals surface area contributed by atoms with Gasteiger partial charge in [-0.15, -0.1) is 0 Å². The average Bonchev–Trinajstić information content (AvgIpc) is 2.42. The lowest BCUT2D eigenvalue weighted by atomic mass is 9.54. The highest BCUT2D eigenvalue weighted by Crippen LogP contribution is 2.54. The minimum absolute atomic E-state index is 0.294. The lowest BCUT2D eigenvalue weighted by Crippen LogP contribution is -2.57. The predicted octanol–water partition coefficient (Wildman–Crippen LogP) is 2.66. The normalized spacial score (nSPS) is 39.9. The van der Waals surface area contributed by atoms with Gasteiger partial charge in [-0.1, -0.05) is 6.92 Å². The minimum Gasteiger partial charge on any atom is -0.341 e. The minimum atomic E-state index is 0.294. The Morgan fingerprint density at radius 1 is 1.15 bits per heavy atom. The Morgan fingerprint density at radius 3 is 2.20 bits per heavy atom. The van der Waals surface area contributed by atoms with E-state index in [4.69, 9.17) is 0 Å². The van der Waals surface area contributed by atoms with Gasteiger partial charge in [-0.05, 0) is 69.1 Å². The Hall–Kier alpha value is -0.570. The van der Waals surface area contributed by atoms with Crippen LogP contribution in [0.1, 0.15) is 52.4 Å². The summed E-state index contributed by atoms with van der Waals surface area (Å²) in [5.74, 6) is 3.85. The van der Waals surface area contributed by atoms with Gasteiger partial charge in [0.25, 0.3) is 0 Å². The smallest absolute Gasteiger partial charge is 0.236 e. The molecule has 1 unspecified atom stereocenters. The molecular weight excluding hydrogens is 248 g/mol. The van der Waals surface area contributed by atoms with Crippen LogP contribution in [0.5, 0.6) is 0 Å². The summed E-state index contributed by atoms with van der Waals surface area (Å²) in [5.41, 5.74) is 0. The molecule has 3 nitrogen and oxygen atoms in total. The first kappa shape index (κ1) is 14.4. The van der Waals surface area contributed by atoms with Crippen molar-refractivity contribution in [2.75, 3.05) is 13.6 Å². The van der Waals surface area contributed by atoms with Crippen LogP contribution in [0, 0.1) is 23.7 Å². The van der Waals surface area contributed by atoms with Gasteiger partial charge in [-0.25, -0.2) is 0 Å². The summed E-state index contributed by atoms with van der Waals surface area (Å²) in [7, 11) is 2.05. The first-order valence-corrected chi connectivity index (χ1v) is 8.57. The van der Waals surface area contributed by atoms with Crippen LogP contribution >= 0.6 is 0 Å². The Labute approximate surface area is 123 Å². The predicted molar refractivity (Wildman–Crippen MR) is 81.4 cm³/mol. The van der Waals surface area contributed by atoms with Gasteiger partial charge in [0.05, 0.1) is 6.54 Å². The van der Waals surface area contributed by atoms with Gasteiger partial charge < -0.3 is 10.2 Å². The van der Waals surface area contributed by atoms with Gasteiger partial charge in [-0.2, -0.15) is 0 Å². The van der Waals surface area contributed by atoms with Gasteiger partial charge >= 0.3 is 0 Å².